The molecule has 0 amide bonds. The Morgan fingerprint density at radius 3 is 3.05 bits per heavy atom. The van der Waals surface area contributed by atoms with Crippen LogP contribution in [0.2, 0.25) is 0 Å². The minimum atomic E-state index is 0.591. The maximum Gasteiger partial charge on any atom is 0.0107 e. The van der Waals surface area contributed by atoms with Crippen molar-refractivity contribution in [3.63, 3.8) is 0 Å². The van der Waals surface area contributed by atoms with Gasteiger partial charge in [0.15, 0.2) is 0 Å². The minimum absolute atomic E-state index is 0.591. The topological polar surface area (TPSA) is 12.0 Å². The largest absolute Gasteiger partial charge is 0.314 e. The molecule has 2 unspecified atom stereocenters. The van der Waals surface area contributed by atoms with Gasteiger partial charge in [-0.1, -0.05) is 37.3 Å². The standard InChI is InChI=1S/C18H27N/c1-3-8-17(19-13-4-2)14-16-11-7-10-15-9-5-6-12-18(15)16/h3,5-6,9,12,16-17,19H,1,4,7-8,10-11,13-14H2,2H3. The van der Waals surface area contributed by atoms with Crippen LogP contribution in [0.1, 0.15) is 56.1 Å². The van der Waals surface area contributed by atoms with E-state index in [-0.39, 0.29) is 0 Å². The lowest BCUT2D eigenvalue weighted by atomic mass is 9.79. The van der Waals surface area contributed by atoms with E-state index in [2.05, 4.69) is 49.2 Å². The zero-order valence-electron chi connectivity index (χ0n) is 12.2. The van der Waals surface area contributed by atoms with Crippen molar-refractivity contribution in [3.8, 4) is 0 Å². The molecule has 1 heteroatoms. The van der Waals surface area contributed by atoms with Crippen LogP contribution < -0.4 is 5.32 Å². The SMILES string of the molecule is C=CCC(CC1CCCc2ccccc21)NCCC. The molecule has 1 aromatic rings. The maximum absolute atomic E-state index is 3.91. The first kappa shape index (κ1) is 14.3. The fourth-order valence-corrected chi connectivity index (χ4v) is 3.26. The molecule has 1 aliphatic rings. The van der Waals surface area contributed by atoms with E-state index < -0.39 is 0 Å². The lowest BCUT2D eigenvalue weighted by Gasteiger charge is -2.29. The molecule has 1 nitrogen and oxygen atoms in total. The summed E-state index contributed by atoms with van der Waals surface area (Å²) in [6.07, 6.45) is 9.55. The Bertz CT molecular complexity index is 396. The van der Waals surface area contributed by atoms with E-state index in [1.165, 1.54) is 32.1 Å². The van der Waals surface area contributed by atoms with Gasteiger partial charge in [0.25, 0.3) is 0 Å². The number of hydrogen-bond acceptors (Lipinski definition) is 1. The Balaban J connectivity index is 2.03. The van der Waals surface area contributed by atoms with E-state index >= 15 is 0 Å². The van der Waals surface area contributed by atoms with Crippen molar-refractivity contribution in [1.29, 1.82) is 0 Å². The first-order chi connectivity index (χ1) is 9.35. The molecule has 0 bridgehead atoms. The molecule has 0 radical (unpaired) electrons. The van der Waals surface area contributed by atoms with Gasteiger partial charge in [-0.3, -0.25) is 0 Å². The Morgan fingerprint density at radius 1 is 1.42 bits per heavy atom. The van der Waals surface area contributed by atoms with E-state index in [0.717, 1.165) is 18.9 Å². The Hall–Kier alpha value is -1.08. The van der Waals surface area contributed by atoms with E-state index in [1.807, 2.05) is 0 Å². The average molecular weight is 257 g/mol. The first-order valence-corrected chi connectivity index (χ1v) is 7.77. The summed E-state index contributed by atoms with van der Waals surface area (Å²) in [4.78, 5) is 0. The predicted octanol–water partition coefficient (Wildman–Crippen LogP) is 4.44. The summed E-state index contributed by atoms with van der Waals surface area (Å²) in [7, 11) is 0. The summed E-state index contributed by atoms with van der Waals surface area (Å²) in [5.41, 5.74) is 3.17. The molecule has 0 aromatic heterocycles. The highest BCUT2D eigenvalue weighted by atomic mass is 14.9. The highest BCUT2D eigenvalue weighted by Gasteiger charge is 2.22. The second-order valence-electron chi connectivity index (χ2n) is 5.70. The van der Waals surface area contributed by atoms with Crippen molar-refractivity contribution in [1.82, 2.24) is 5.32 Å². The Labute approximate surface area is 118 Å². The zero-order valence-corrected chi connectivity index (χ0v) is 12.2. The van der Waals surface area contributed by atoms with Gasteiger partial charge in [-0.2, -0.15) is 0 Å². The monoisotopic (exact) mass is 257 g/mol. The molecule has 0 fully saturated rings. The molecule has 1 aliphatic carbocycles. The molecule has 2 rings (SSSR count). The first-order valence-electron chi connectivity index (χ1n) is 7.77. The van der Waals surface area contributed by atoms with Crippen LogP contribution in [-0.4, -0.2) is 12.6 Å². The fourth-order valence-electron chi connectivity index (χ4n) is 3.26. The van der Waals surface area contributed by atoms with Crippen molar-refractivity contribution in [2.75, 3.05) is 6.54 Å². The number of hydrogen-bond donors (Lipinski definition) is 1. The van der Waals surface area contributed by atoms with E-state index in [0.29, 0.717) is 6.04 Å². The van der Waals surface area contributed by atoms with Crippen LogP contribution in [-0.2, 0) is 6.42 Å². The average Bonchev–Trinajstić information content (AvgIpc) is 2.45. The summed E-state index contributed by atoms with van der Waals surface area (Å²) < 4.78 is 0. The van der Waals surface area contributed by atoms with E-state index in [1.54, 1.807) is 11.1 Å². The van der Waals surface area contributed by atoms with Crippen molar-refractivity contribution in [3.05, 3.63) is 48.0 Å². The summed E-state index contributed by atoms with van der Waals surface area (Å²) in [6, 6.07) is 9.61. The summed E-state index contributed by atoms with van der Waals surface area (Å²) in [5.74, 6) is 0.735. The molecule has 0 heterocycles. The van der Waals surface area contributed by atoms with Crippen LogP contribution in [0.4, 0.5) is 0 Å². The van der Waals surface area contributed by atoms with Gasteiger partial charge in [0, 0.05) is 6.04 Å². The van der Waals surface area contributed by atoms with Crippen LogP contribution in [0.25, 0.3) is 0 Å². The second kappa shape index (κ2) is 7.49. The molecular weight excluding hydrogens is 230 g/mol. The summed E-state index contributed by atoms with van der Waals surface area (Å²) in [6.45, 7) is 7.25. The molecule has 1 N–H and O–H groups in total. The smallest absolute Gasteiger partial charge is 0.0107 e. The van der Waals surface area contributed by atoms with Crippen LogP contribution in [0.15, 0.2) is 36.9 Å². The van der Waals surface area contributed by atoms with Gasteiger partial charge in [0.05, 0.1) is 0 Å². The molecule has 0 spiro atoms. The quantitative estimate of drug-likeness (QED) is 0.712. The number of rotatable bonds is 7. The van der Waals surface area contributed by atoms with Gasteiger partial charge in [0.1, 0.15) is 0 Å². The maximum atomic E-state index is 3.91. The molecular formula is C18H27N. The molecule has 0 aliphatic heterocycles. The van der Waals surface area contributed by atoms with Crippen molar-refractivity contribution in [2.24, 2.45) is 0 Å². The number of benzene rings is 1. The highest BCUT2D eigenvalue weighted by molar-refractivity contribution is 5.32. The third kappa shape index (κ3) is 3.94. The van der Waals surface area contributed by atoms with Gasteiger partial charge >= 0.3 is 0 Å². The minimum Gasteiger partial charge on any atom is -0.314 e. The normalized spacial score (nSPS) is 19.7. The van der Waals surface area contributed by atoms with Crippen LogP contribution >= 0.6 is 0 Å². The van der Waals surface area contributed by atoms with Crippen LogP contribution in [0.5, 0.6) is 0 Å². The van der Waals surface area contributed by atoms with Crippen LogP contribution in [0, 0.1) is 0 Å². The predicted molar refractivity (Wildman–Crippen MR) is 83.6 cm³/mol. The third-order valence-electron chi connectivity index (χ3n) is 4.20. The molecule has 19 heavy (non-hydrogen) atoms. The fraction of sp³-hybridized carbons (Fsp3) is 0.556. The summed E-state index contributed by atoms with van der Waals surface area (Å²) >= 11 is 0. The van der Waals surface area contributed by atoms with Gasteiger partial charge in [-0.15, -0.1) is 6.58 Å². The summed E-state index contributed by atoms with van der Waals surface area (Å²) in [5, 5.41) is 3.68. The van der Waals surface area contributed by atoms with Crippen molar-refractivity contribution < 1.29 is 0 Å². The highest BCUT2D eigenvalue weighted by Crippen LogP contribution is 2.35. The molecule has 0 saturated heterocycles. The number of fused-ring (bicyclic) bond motifs is 1. The van der Waals surface area contributed by atoms with Gasteiger partial charge in [-0.25, -0.2) is 0 Å². The molecule has 104 valence electrons. The van der Waals surface area contributed by atoms with Crippen molar-refractivity contribution >= 4 is 0 Å². The van der Waals surface area contributed by atoms with Gasteiger partial charge in [-0.05, 0) is 62.1 Å². The van der Waals surface area contributed by atoms with E-state index in [9.17, 15) is 0 Å². The van der Waals surface area contributed by atoms with Crippen LogP contribution in [0.3, 0.4) is 0 Å². The van der Waals surface area contributed by atoms with Gasteiger partial charge in [0.2, 0.25) is 0 Å². The Kier molecular flexibility index (Phi) is 5.65. The second-order valence-corrected chi connectivity index (χ2v) is 5.70. The molecule has 1 aromatic carbocycles. The van der Waals surface area contributed by atoms with Gasteiger partial charge < -0.3 is 5.32 Å². The lowest BCUT2D eigenvalue weighted by Crippen LogP contribution is -2.31. The van der Waals surface area contributed by atoms with E-state index in [4.69, 9.17) is 0 Å². The number of aryl methyl sites for hydroxylation is 1. The zero-order chi connectivity index (χ0) is 13.5. The Morgan fingerprint density at radius 2 is 2.26 bits per heavy atom. The third-order valence-corrected chi connectivity index (χ3v) is 4.20. The molecule has 2 atom stereocenters. The lowest BCUT2D eigenvalue weighted by molar-refractivity contribution is 0.412. The molecule has 0 saturated carbocycles. The van der Waals surface area contributed by atoms with Crippen molar-refractivity contribution in [2.45, 2.75) is 57.4 Å². The number of nitrogens with one attached hydrogen (secondary N) is 1.